The molecule has 3 rings (SSSR count). The van der Waals surface area contributed by atoms with Crippen LogP contribution in [0.3, 0.4) is 0 Å². The molecule has 26 heavy (non-hydrogen) atoms. The van der Waals surface area contributed by atoms with E-state index in [1.54, 1.807) is 6.07 Å². The van der Waals surface area contributed by atoms with Crippen LogP contribution >= 0.6 is 15.9 Å². The Bertz CT molecular complexity index is 899. The zero-order valence-electron chi connectivity index (χ0n) is 13.5. The van der Waals surface area contributed by atoms with E-state index in [4.69, 9.17) is 0 Å². The summed E-state index contributed by atoms with van der Waals surface area (Å²) >= 11 is 3.37. The molecule has 8 nitrogen and oxygen atoms in total. The van der Waals surface area contributed by atoms with Gasteiger partial charge in [-0.15, -0.1) is 0 Å². The van der Waals surface area contributed by atoms with Crippen LogP contribution in [-0.2, 0) is 16.0 Å². The lowest BCUT2D eigenvalue weighted by molar-refractivity contribution is -0.120. The smallest absolute Gasteiger partial charge is 0.272 e. The molecule has 1 aliphatic rings. The predicted molar refractivity (Wildman–Crippen MR) is 98.6 cm³/mol. The van der Waals surface area contributed by atoms with Crippen LogP contribution < -0.4 is 16.1 Å². The highest BCUT2D eigenvalue weighted by molar-refractivity contribution is 9.10. The Kier molecular flexibility index (Phi) is 5.37. The molecule has 2 aromatic rings. The molecule has 2 heterocycles. The number of amides is 3. The zero-order chi connectivity index (χ0) is 18.5. The van der Waals surface area contributed by atoms with Crippen molar-refractivity contribution >= 4 is 45.1 Å². The number of aromatic nitrogens is 1. The molecule has 9 heteroatoms. The van der Waals surface area contributed by atoms with Crippen molar-refractivity contribution in [3.05, 3.63) is 58.3 Å². The molecule has 0 fully saturated rings. The van der Waals surface area contributed by atoms with Crippen LogP contribution in [0.15, 0.2) is 52.3 Å². The number of anilines is 1. The molecule has 0 atom stereocenters. The average molecular weight is 416 g/mol. The number of carbonyl (C=O) groups is 3. The molecule has 0 saturated carbocycles. The van der Waals surface area contributed by atoms with Crippen molar-refractivity contribution in [2.24, 2.45) is 5.10 Å². The van der Waals surface area contributed by atoms with Crippen molar-refractivity contribution in [1.29, 1.82) is 0 Å². The fraction of sp³-hybridized carbons (Fsp3) is 0.118. The molecular weight excluding hydrogens is 402 g/mol. The molecular formula is C17H14BrN5O3. The summed E-state index contributed by atoms with van der Waals surface area (Å²) in [7, 11) is 0. The van der Waals surface area contributed by atoms with E-state index in [1.807, 2.05) is 12.1 Å². The lowest BCUT2D eigenvalue weighted by Gasteiger charge is -2.18. The third-order valence-electron chi connectivity index (χ3n) is 3.60. The van der Waals surface area contributed by atoms with Gasteiger partial charge in [0.1, 0.15) is 5.71 Å². The number of carbonyl (C=O) groups excluding carboxylic acids is 3. The number of halogens is 1. The van der Waals surface area contributed by atoms with Gasteiger partial charge >= 0.3 is 0 Å². The molecule has 3 amide bonds. The normalized spacial score (nSPS) is 14.3. The second-order valence-electron chi connectivity index (χ2n) is 5.44. The topological polar surface area (TPSA) is 113 Å². The highest BCUT2D eigenvalue weighted by Gasteiger charge is 2.22. The number of fused-ring (bicyclic) bond motifs is 1. The Morgan fingerprint density at radius 2 is 2.00 bits per heavy atom. The van der Waals surface area contributed by atoms with E-state index in [9.17, 15) is 14.4 Å². The Labute approximate surface area is 157 Å². The van der Waals surface area contributed by atoms with Crippen molar-refractivity contribution in [2.75, 3.05) is 11.9 Å². The summed E-state index contributed by atoms with van der Waals surface area (Å²) in [6.45, 7) is -0.262. The first-order valence-electron chi connectivity index (χ1n) is 7.66. The molecule has 0 saturated heterocycles. The predicted octanol–water partition coefficient (Wildman–Crippen LogP) is 1.24. The molecule has 1 aromatic heterocycles. The molecule has 132 valence electrons. The Hall–Kier alpha value is -3.07. The van der Waals surface area contributed by atoms with Crippen LogP contribution in [0.25, 0.3) is 0 Å². The minimum absolute atomic E-state index is 0.185. The molecule has 0 spiro atoms. The molecule has 0 radical (unpaired) electrons. The molecule has 0 bridgehead atoms. The standard InChI is InChI=1S/C17H14BrN5O3/c18-12-1-2-13-11(7-12)8-14(17(26)21-13)22-23-15(24)9-20-16(25)10-3-5-19-6-4-10/h1-7H,8-9H2,(H,20,25)(H,21,26)(H,23,24)/b22-14-. The summed E-state index contributed by atoms with van der Waals surface area (Å²) in [5.74, 6) is -1.31. The Balaban J connectivity index is 1.56. The molecule has 0 unspecified atom stereocenters. The highest BCUT2D eigenvalue weighted by Crippen LogP contribution is 2.24. The van der Waals surface area contributed by atoms with Crippen LogP contribution in [0.1, 0.15) is 15.9 Å². The number of hydrazone groups is 1. The Morgan fingerprint density at radius 1 is 1.23 bits per heavy atom. The van der Waals surface area contributed by atoms with Crippen LogP contribution in [0.4, 0.5) is 5.69 Å². The second-order valence-corrected chi connectivity index (χ2v) is 6.36. The van der Waals surface area contributed by atoms with Crippen molar-refractivity contribution < 1.29 is 14.4 Å². The monoisotopic (exact) mass is 415 g/mol. The van der Waals surface area contributed by atoms with Crippen LogP contribution in [0.2, 0.25) is 0 Å². The maximum Gasteiger partial charge on any atom is 0.272 e. The average Bonchev–Trinajstić information content (AvgIpc) is 2.65. The van der Waals surface area contributed by atoms with Crippen molar-refractivity contribution in [3.63, 3.8) is 0 Å². The van der Waals surface area contributed by atoms with Crippen LogP contribution in [-0.4, -0.2) is 35.0 Å². The quantitative estimate of drug-likeness (QED) is 0.651. The fourth-order valence-corrected chi connectivity index (χ4v) is 2.72. The number of pyridine rings is 1. The maximum absolute atomic E-state index is 12.0. The number of benzene rings is 1. The minimum Gasteiger partial charge on any atom is -0.343 e. The minimum atomic E-state index is -0.534. The van der Waals surface area contributed by atoms with Crippen LogP contribution in [0.5, 0.6) is 0 Å². The third-order valence-corrected chi connectivity index (χ3v) is 4.10. The summed E-state index contributed by atoms with van der Waals surface area (Å²) < 4.78 is 0.884. The maximum atomic E-state index is 12.0. The van der Waals surface area contributed by atoms with Gasteiger partial charge in [-0.3, -0.25) is 19.4 Å². The van der Waals surface area contributed by atoms with E-state index >= 15 is 0 Å². The van der Waals surface area contributed by atoms with Gasteiger partial charge in [-0.2, -0.15) is 5.10 Å². The first-order valence-corrected chi connectivity index (χ1v) is 8.45. The van der Waals surface area contributed by atoms with Crippen LogP contribution in [0, 0.1) is 0 Å². The first kappa shape index (κ1) is 17.7. The summed E-state index contributed by atoms with van der Waals surface area (Å²) in [5, 5.41) is 9.05. The second kappa shape index (κ2) is 7.87. The fourth-order valence-electron chi connectivity index (χ4n) is 2.31. The highest BCUT2D eigenvalue weighted by atomic mass is 79.9. The van der Waals surface area contributed by atoms with Crippen molar-refractivity contribution in [1.82, 2.24) is 15.7 Å². The first-order chi connectivity index (χ1) is 12.5. The van der Waals surface area contributed by atoms with E-state index in [0.29, 0.717) is 17.7 Å². The van der Waals surface area contributed by atoms with Gasteiger partial charge in [-0.25, -0.2) is 5.43 Å². The molecule has 0 aliphatic carbocycles. The van der Waals surface area contributed by atoms with Gasteiger partial charge in [0.2, 0.25) is 0 Å². The van der Waals surface area contributed by atoms with E-state index in [-0.39, 0.29) is 18.2 Å². The van der Waals surface area contributed by atoms with E-state index in [2.05, 4.69) is 42.1 Å². The lowest BCUT2D eigenvalue weighted by atomic mass is 10.0. The zero-order valence-corrected chi connectivity index (χ0v) is 15.0. The third kappa shape index (κ3) is 4.31. The number of hydrogen-bond acceptors (Lipinski definition) is 5. The van der Waals surface area contributed by atoms with E-state index in [0.717, 1.165) is 10.0 Å². The van der Waals surface area contributed by atoms with Crippen molar-refractivity contribution in [2.45, 2.75) is 6.42 Å². The summed E-state index contributed by atoms with van der Waals surface area (Å²) in [4.78, 5) is 39.5. The van der Waals surface area contributed by atoms with Gasteiger partial charge in [0.05, 0.1) is 6.54 Å². The summed E-state index contributed by atoms with van der Waals surface area (Å²) in [6.07, 6.45) is 3.27. The molecule has 1 aromatic carbocycles. The van der Waals surface area contributed by atoms with Gasteiger partial charge in [0.15, 0.2) is 0 Å². The number of nitrogens with zero attached hydrogens (tertiary/aromatic N) is 2. The van der Waals surface area contributed by atoms with E-state index < -0.39 is 11.8 Å². The van der Waals surface area contributed by atoms with Gasteiger partial charge in [0, 0.05) is 34.5 Å². The largest absolute Gasteiger partial charge is 0.343 e. The number of rotatable bonds is 4. The van der Waals surface area contributed by atoms with Gasteiger partial charge in [0.25, 0.3) is 17.7 Å². The van der Waals surface area contributed by atoms with E-state index in [1.165, 1.54) is 24.5 Å². The molecule has 1 aliphatic heterocycles. The summed E-state index contributed by atoms with van der Waals surface area (Å²) in [5.41, 5.74) is 4.47. The summed E-state index contributed by atoms with van der Waals surface area (Å²) in [6, 6.07) is 8.57. The SMILES string of the molecule is O=C(CNC(=O)c1ccncc1)N/N=C1/Cc2cc(Br)ccc2NC1=O. The van der Waals surface area contributed by atoms with Gasteiger partial charge in [-0.05, 0) is 35.9 Å². The lowest BCUT2D eigenvalue weighted by Crippen LogP contribution is -2.37. The number of nitrogens with one attached hydrogen (secondary N) is 3. The van der Waals surface area contributed by atoms with Crippen molar-refractivity contribution in [3.8, 4) is 0 Å². The number of hydrogen-bond donors (Lipinski definition) is 3. The van der Waals surface area contributed by atoms with Gasteiger partial charge < -0.3 is 10.6 Å². The van der Waals surface area contributed by atoms with Gasteiger partial charge in [-0.1, -0.05) is 15.9 Å². The Morgan fingerprint density at radius 3 is 2.77 bits per heavy atom. The molecule has 3 N–H and O–H groups in total.